The van der Waals surface area contributed by atoms with E-state index in [-0.39, 0.29) is 5.91 Å². The van der Waals surface area contributed by atoms with Crippen molar-refractivity contribution in [2.24, 2.45) is 0 Å². The molecule has 0 aliphatic rings. The van der Waals surface area contributed by atoms with Gasteiger partial charge in [-0.1, -0.05) is 18.2 Å². The second kappa shape index (κ2) is 7.04. The van der Waals surface area contributed by atoms with E-state index in [1.807, 2.05) is 35.7 Å². The van der Waals surface area contributed by atoms with Gasteiger partial charge in [-0.2, -0.15) is 5.10 Å². The molecule has 3 aromatic rings. The predicted octanol–water partition coefficient (Wildman–Crippen LogP) is 1.92. The first-order valence-corrected chi connectivity index (χ1v) is 7.91. The van der Waals surface area contributed by atoms with Crippen LogP contribution in [-0.4, -0.2) is 33.7 Å². The Morgan fingerprint density at radius 3 is 3.05 bits per heavy atom. The number of thiazole rings is 1. The Morgan fingerprint density at radius 1 is 1.32 bits per heavy atom. The summed E-state index contributed by atoms with van der Waals surface area (Å²) in [4.78, 5) is 16.7. The van der Waals surface area contributed by atoms with Crippen LogP contribution in [0, 0.1) is 0 Å². The molecule has 2 aromatic heterocycles. The van der Waals surface area contributed by atoms with Crippen LogP contribution in [0.5, 0.6) is 5.75 Å². The molecular formula is C15H16N4O2S. The van der Waals surface area contributed by atoms with Crippen molar-refractivity contribution in [2.75, 3.05) is 13.2 Å². The maximum Gasteiger partial charge on any atom is 0.223 e. The van der Waals surface area contributed by atoms with E-state index >= 15 is 0 Å². The number of nitrogens with zero attached hydrogens (tertiary/aromatic N) is 3. The van der Waals surface area contributed by atoms with E-state index in [1.54, 1.807) is 15.9 Å². The summed E-state index contributed by atoms with van der Waals surface area (Å²) in [6, 6.07) is 9.48. The van der Waals surface area contributed by atoms with Crippen molar-refractivity contribution in [1.29, 1.82) is 0 Å². The summed E-state index contributed by atoms with van der Waals surface area (Å²) in [7, 11) is 0. The number of nitrogens with one attached hydrogen (secondary N) is 1. The second-order valence-electron chi connectivity index (χ2n) is 4.69. The van der Waals surface area contributed by atoms with Gasteiger partial charge in [0.05, 0.1) is 18.7 Å². The minimum absolute atomic E-state index is 0.0130. The molecule has 2 heterocycles. The minimum Gasteiger partial charge on any atom is -0.493 e. The van der Waals surface area contributed by atoms with Gasteiger partial charge in [0.1, 0.15) is 12.1 Å². The molecule has 0 aliphatic carbocycles. The second-order valence-corrected chi connectivity index (χ2v) is 5.53. The SMILES string of the molecule is O=C(CCOc1ccccc1)NCCc1csc2ncnn12. The quantitative estimate of drug-likeness (QED) is 0.723. The molecule has 1 amide bonds. The van der Waals surface area contributed by atoms with Crippen LogP contribution in [0.25, 0.3) is 4.96 Å². The number of rotatable bonds is 7. The van der Waals surface area contributed by atoms with Crippen LogP contribution in [0.15, 0.2) is 42.0 Å². The molecule has 0 saturated carbocycles. The summed E-state index contributed by atoms with van der Waals surface area (Å²) in [6.07, 6.45) is 2.61. The fourth-order valence-electron chi connectivity index (χ4n) is 2.04. The minimum atomic E-state index is -0.0130. The number of hydrogen-bond donors (Lipinski definition) is 1. The number of benzene rings is 1. The Morgan fingerprint density at radius 2 is 2.18 bits per heavy atom. The molecule has 6 nitrogen and oxygen atoms in total. The first kappa shape index (κ1) is 14.5. The number of carbonyl (C=O) groups is 1. The van der Waals surface area contributed by atoms with Crippen LogP contribution in [0.3, 0.4) is 0 Å². The molecule has 0 saturated heterocycles. The van der Waals surface area contributed by atoms with E-state index in [0.717, 1.165) is 22.8 Å². The molecular weight excluding hydrogens is 300 g/mol. The van der Waals surface area contributed by atoms with Crippen LogP contribution in [-0.2, 0) is 11.2 Å². The van der Waals surface area contributed by atoms with E-state index in [9.17, 15) is 4.79 Å². The van der Waals surface area contributed by atoms with Gasteiger partial charge >= 0.3 is 0 Å². The summed E-state index contributed by atoms with van der Waals surface area (Å²) in [5.41, 5.74) is 1.05. The third-order valence-electron chi connectivity index (χ3n) is 3.13. The van der Waals surface area contributed by atoms with E-state index in [2.05, 4.69) is 15.4 Å². The lowest BCUT2D eigenvalue weighted by molar-refractivity contribution is -0.121. The summed E-state index contributed by atoms with van der Waals surface area (Å²) in [6.45, 7) is 0.956. The smallest absolute Gasteiger partial charge is 0.223 e. The number of ether oxygens (including phenoxy) is 1. The van der Waals surface area contributed by atoms with Gasteiger partial charge in [-0.15, -0.1) is 11.3 Å². The summed E-state index contributed by atoms with van der Waals surface area (Å²) in [5.74, 6) is 0.767. The van der Waals surface area contributed by atoms with Gasteiger partial charge in [0.25, 0.3) is 0 Å². The monoisotopic (exact) mass is 316 g/mol. The van der Waals surface area contributed by atoms with Crippen molar-refractivity contribution in [3.8, 4) is 5.75 Å². The highest BCUT2D eigenvalue weighted by Crippen LogP contribution is 2.12. The van der Waals surface area contributed by atoms with Crippen LogP contribution in [0.1, 0.15) is 12.1 Å². The largest absolute Gasteiger partial charge is 0.493 e. The van der Waals surface area contributed by atoms with Gasteiger partial charge in [-0.3, -0.25) is 4.79 Å². The molecule has 7 heteroatoms. The van der Waals surface area contributed by atoms with Crippen molar-refractivity contribution < 1.29 is 9.53 Å². The van der Waals surface area contributed by atoms with Crippen LogP contribution < -0.4 is 10.1 Å². The van der Waals surface area contributed by atoms with Gasteiger partial charge in [0, 0.05) is 18.3 Å². The average molecular weight is 316 g/mol. The topological polar surface area (TPSA) is 68.5 Å². The summed E-state index contributed by atoms with van der Waals surface area (Å²) >= 11 is 1.55. The lowest BCUT2D eigenvalue weighted by atomic mass is 10.3. The molecule has 1 aromatic carbocycles. The molecule has 0 fully saturated rings. The number of para-hydroxylation sites is 1. The lowest BCUT2D eigenvalue weighted by Crippen LogP contribution is -2.27. The lowest BCUT2D eigenvalue weighted by Gasteiger charge is -2.07. The summed E-state index contributed by atoms with van der Waals surface area (Å²) in [5, 5.41) is 9.05. The third kappa shape index (κ3) is 3.62. The highest BCUT2D eigenvalue weighted by molar-refractivity contribution is 7.15. The Balaban J connectivity index is 1.37. The fourth-order valence-corrected chi connectivity index (χ4v) is 2.87. The Kier molecular flexibility index (Phi) is 4.65. The maximum atomic E-state index is 11.8. The first-order valence-electron chi connectivity index (χ1n) is 7.03. The molecule has 0 atom stereocenters. The third-order valence-corrected chi connectivity index (χ3v) is 4.01. The van der Waals surface area contributed by atoms with Crippen LogP contribution in [0.4, 0.5) is 0 Å². The molecule has 114 valence electrons. The first-order chi connectivity index (χ1) is 10.8. The number of hydrogen-bond acceptors (Lipinski definition) is 5. The van der Waals surface area contributed by atoms with E-state index in [1.165, 1.54) is 6.33 Å². The molecule has 0 spiro atoms. The van der Waals surface area contributed by atoms with E-state index in [4.69, 9.17) is 4.74 Å². The van der Waals surface area contributed by atoms with Gasteiger partial charge < -0.3 is 10.1 Å². The molecule has 0 unspecified atom stereocenters. The number of carbonyl (C=O) groups excluding carboxylic acids is 1. The van der Waals surface area contributed by atoms with E-state index in [0.29, 0.717) is 19.6 Å². The maximum absolute atomic E-state index is 11.8. The van der Waals surface area contributed by atoms with Crippen molar-refractivity contribution in [1.82, 2.24) is 19.9 Å². The normalized spacial score (nSPS) is 10.7. The zero-order chi connectivity index (χ0) is 15.2. The zero-order valence-electron chi connectivity index (χ0n) is 11.9. The Bertz CT molecular complexity index is 738. The number of aromatic nitrogens is 3. The van der Waals surface area contributed by atoms with Gasteiger partial charge in [0.15, 0.2) is 0 Å². The van der Waals surface area contributed by atoms with Gasteiger partial charge in [0.2, 0.25) is 10.9 Å². The zero-order valence-corrected chi connectivity index (χ0v) is 12.8. The van der Waals surface area contributed by atoms with Crippen LogP contribution in [0.2, 0.25) is 0 Å². The fraction of sp³-hybridized carbons (Fsp3) is 0.267. The molecule has 3 rings (SSSR count). The van der Waals surface area contributed by atoms with Crippen molar-refractivity contribution in [2.45, 2.75) is 12.8 Å². The van der Waals surface area contributed by atoms with Crippen molar-refractivity contribution >= 4 is 22.2 Å². The standard InChI is InChI=1S/C15H16N4O2S/c20-14(7-9-21-13-4-2-1-3-5-13)16-8-6-12-10-22-15-17-11-18-19(12)15/h1-5,10-11H,6-9H2,(H,16,20). The van der Waals surface area contributed by atoms with Crippen LogP contribution >= 0.6 is 11.3 Å². The predicted molar refractivity (Wildman–Crippen MR) is 84.1 cm³/mol. The Labute approximate surface area is 131 Å². The summed E-state index contributed by atoms with van der Waals surface area (Å²) < 4.78 is 7.30. The highest BCUT2D eigenvalue weighted by atomic mass is 32.1. The van der Waals surface area contributed by atoms with Gasteiger partial charge in [-0.05, 0) is 12.1 Å². The molecule has 0 bridgehead atoms. The number of fused-ring (bicyclic) bond motifs is 1. The highest BCUT2D eigenvalue weighted by Gasteiger charge is 2.06. The average Bonchev–Trinajstić information content (AvgIpc) is 3.13. The molecule has 1 N–H and O–H groups in total. The Hall–Kier alpha value is -2.41. The van der Waals surface area contributed by atoms with Crippen molar-refractivity contribution in [3.63, 3.8) is 0 Å². The van der Waals surface area contributed by atoms with Gasteiger partial charge in [-0.25, -0.2) is 9.50 Å². The number of amides is 1. The van der Waals surface area contributed by atoms with Crippen molar-refractivity contribution in [3.05, 3.63) is 47.7 Å². The molecule has 22 heavy (non-hydrogen) atoms. The molecule has 0 radical (unpaired) electrons. The van der Waals surface area contributed by atoms with E-state index < -0.39 is 0 Å². The molecule has 0 aliphatic heterocycles.